The summed E-state index contributed by atoms with van der Waals surface area (Å²) in [5, 5.41) is 0.593. The molecule has 0 unspecified atom stereocenters. The summed E-state index contributed by atoms with van der Waals surface area (Å²) in [6, 6.07) is 16.5. The molecule has 1 aromatic heterocycles. The molecule has 0 aliphatic heterocycles. The van der Waals surface area contributed by atoms with Crippen LogP contribution in [0.4, 0.5) is 4.39 Å². The van der Waals surface area contributed by atoms with Crippen molar-refractivity contribution in [2.45, 2.75) is 13.8 Å². The number of fused-ring (bicyclic) bond motifs is 1. The first kappa shape index (κ1) is 21.5. The first-order chi connectivity index (χ1) is 15.4. The van der Waals surface area contributed by atoms with E-state index in [4.69, 9.17) is 9.47 Å². The first-order valence-electron chi connectivity index (χ1n) is 9.83. The third kappa shape index (κ3) is 4.05. The van der Waals surface area contributed by atoms with Crippen LogP contribution in [0, 0.1) is 19.7 Å². The van der Waals surface area contributed by atoms with Gasteiger partial charge in [0, 0.05) is 21.7 Å². The van der Waals surface area contributed by atoms with Gasteiger partial charge in [-0.15, -0.1) is 11.3 Å². The maximum Gasteiger partial charge on any atom is 0.335 e. The summed E-state index contributed by atoms with van der Waals surface area (Å²) in [4.78, 5) is 25.7. The Balaban J connectivity index is 1.88. The minimum absolute atomic E-state index is 0.185. The molecule has 4 rings (SSSR count). The third-order valence-electron chi connectivity index (χ3n) is 4.96. The van der Waals surface area contributed by atoms with Gasteiger partial charge in [0.05, 0.1) is 0 Å². The van der Waals surface area contributed by atoms with Gasteiger partial charge >= 0.3 is 5.97 Å². The molecule has 0 aliphatic carbocycles. The molecule has 0 saturated carbocycles. The number of hydrogen-bond donors (Lipinski definition) is 0. The second kappa shape index (κ2) is 8.77. The summed E-state index contributed by atoms with van der Waals surface area (Å²) >= 11 is 1.16. The van der Waals surface area contributed by atoms with E-state index in [0.717, 1.165) is 28.5 Å². The normalized spacial score (nSPS) is 10.7. The van der Waals surface area contributed by atoms with Gasteiger partial charge in [0.2, 0.25) is 5.78 Å². The largest absolute Gasteiger partial charge is 0.451 e. The molecule has 0 N–H and O–H groups in total. The van der Waals surface area contributed by atoms with Crippen molar-refractivity contribution in [3.8, 4) is 17.2 Å². The molecular weight excluding hydrogens is 427 g/mol. The summed E-state index contributed by atoms with van der Waals surface area (Å²) in [6.07, 6.45) is 1.05. The second-order valence-electron chi connectivity index (χ2n) is 7.17. The van der Waals surface area contributed by atoms with E-state index in [2.05, 4.69) is 6.58 Å². The van der Waals surface area contributed by atoms with Gasteiger partial charge in [-0.2, -0.15) is 0 Å². The van der Waals surface area contributed by atoms with Crippen LogP contribution in [0.15, 0.2) is 73.3 Å². The molecule has 4 aromatic rings. The predicted octanol–water partition coefficient (Wildman–Crippen LogP) is 6.77. The van der Waals surface area contributed by atoms with Gasteiger partial charge in [0.15, 0.2) is 17.2 Å². The average Bonchev–Trinajstić information content (AvgIpc) is 3.12. The number of aryl methyl sites for hydroxylation is 2. The van der Waals surface area contributed by atoms with Crippen molar-refractivity contribution in [1.82, 2.24) is 0 Å². The Morgan fingerprint density at radius 1 is 0.969 bits per heavy atom. The fraction of sp³-hybridized carbons (Fsp3) is 0.0769. The lowest BCUT2D eigenvalue weighted by Crippen LogP contribution is -2.07. The molecule has 1 heterocycles. The highest BCUT2D eigenvalue weighted by Gasteiger charge is 2.25. The number of ether oxygens (including phenoxy) is 2. The average molecular weight is 446 g/mol. The van der Waals surface area contributed by atoms with Crippen molar-refractivity contribution in [3.05, 3.63) is 101 Å². The van der Waals surface area contributed by atoms with Crippen molar-refractivity contribution in [1.29, 1.82) is 0 Å². The molecule has 160 valence electrons. The minimum atomic E-state index is -0.634. The summed E-state index contributed by atoms with van der Waals surface area (Å²) < 4.78 is 25.9. The molecule has 0 bridgehead atoms. The Hall–Kier alpha value is -3.77. The summed E-state index contributed by atoms with van der Waals surface area (Å²) in [7, 11) is 0. The van der Waals surface area contributed by atoms with E-state index in [0.29, 0.717) is 26.3 Å². The Kier molecular flexibility index (Phi) is 5.88. The summed E-state index contributed by atoms with van der Waals surface area (Å²) in [5.41, 5.74) is 2.26. The van der Waals surface area contributed by atoms with Crippen LogP contribution in [0.3, 0.4) is 0 Å². The first-order valence-corrected chi connectivity index (χ1v) is 10.6. The topological polar surface area (TPSA) is 52.6 Å². The molecule has 0 saturated heterocycles. The maximum atomic E-state index is 13.9. The van der Waals surface area contributed by atoms with Gasteiger partial charge in [-0.3, -0.25) is 4.79 Å². The number of ketones is 1. The van der Waals surface area contributed by atoms with Crippen LogP contribution in [-0.2, 0) is 4.79 Å². The minimum Gasteiger partial charge on any atom is -0.451 e. The Morgan fingerprint density at radius 2 is 1.66 bits per heavy atom. The monoisotopic (exact) mass is 446 g/mol. The standard InChI is InChI=1S/C26H19FO4S/c1-4-22(28)30-19-10-5-6-11-20(19)31-25-18-13-12-17(27)14-21(18)32-26(25)24(29)23-15(2)8-7-9-16(23)3/h4-14H,1H2,2-3H3. The molecule has 0 amide bonds. The van der Waals surface area contributed by atoms with E-state index in [1.807, 2.05) is 32.0 Å². The number of thiophene rings is 1. The molecule has 0 spiro atoms. The van der Waals surface area contributed by atoms with Crippen LogP contribution < -0.4 is 9.47 Å². The Morgan fingerprint density at radius 3 is 2.34 bits per heavy atom. The predicted molar refractivity (Wildman–Crippen MR) is 123 cm³/mol. The number of rotatable bonds is 6. The fourth-order valence-corrected chi connectivity index (χ4v) is 4.56. The lowest BCUT2D eigenvalue weighted by molar-refractivity contribution is -0.129. The summed E-state index contributed by atoms with van der Waals surface area (Å²) in [6.45, 7) is 7.15. The molecule has 0 fully saturated rings. The van der Waals surface area contributed by atoms with Crippen LogP contribution in [0.2, 0.25) is 0 Å². The maximum absolute atomic E-state index is 13.9. The zero-order valence-electron chi connectivity index (χ0n) is 17.5. The number of esters is 1. The number of hydrogen-bond acceptors (Lipinski definition) is 5. The molecule has 0 radical (unpaired) electrons. The molecule has 6 heteroatoms. The van der Waals surface area contributed by atoms with Gasteiger partial charge in [-0.25, -0.2) is 9.18 Å². The van der Waals surface area contributed by atoms with Gasteiger partial charge in [-0.05, 0) is 55.3 Å². The number of halogens is 1. The van der Waals surface area contributed by atoms with Crippen LogP contribution in [0.25, 0.3) is 10.1 Å². The van der Waals surface area contributed by atoms with Gasteiger partial charge in [0.1, 0.15) is 10.7 Å². The highest BCUT2D eigenvalue weighted by molar-refractivity contribution is 7.21. The number of carbonyl (C=O) groups is 2. The lowest BCUT2D eigenvalue weighted by Gasteiger charge is -2.13. The summed E-state index contributed by atoms with van der Waals surface area (Å²) in [5.74, 6) is -0.522. The molecular formula is C26H19FO4S. The van der Waals surface area contributed by atoms with Gasteiger partial charge in [0.25, 0.3) is 0 Å². The molecule has 0 aliphatic rings. The molecule has 3 aromatic carbocycles. The van der Waals surface area contributed by atoms with Crippen molar-refractivity contribution in [3.63, 3.8) is 0 Å². The highest BCUT2D eigenvalue weighted by atomic mass is 32.1. The van der Waals surface area contributed by atoms with Crippen LogP contribution in [0.5, 0.6) is 17.2 Å². The van der Waals surface area contributed by atoms with Gasteiger partial charge < -0.3 is 9.47 Å². The highest BCUT2D eigenvalue weighted by Crippen LogP contribution is 2.44. The smallest absolute Gasteiger partial charge is 0.335 e. The molecule has 32 heavy (non-hydrogen) atoms. The van der Waals surface area contributed by atoms with Crippen LogP contribution in [0.1, 0.15) is 26.4 Å². The van der Waals surface area contributed by atoms with Crippen molar-refractivity contribution in [2.24, 2.45) is 0 Å². The Bertz CT molecular complexity index is 1350. The van der Waals surface area contributed by atoms with E-state index in [9.17, 15) is 14.0 Å². The lowest BCUT2D eigenvalue weighted by atomic mass is 9.98. The van der Waals surface area contributed by atoms with E-state index in [1.165, 1.54) is 12.1 Å². The van der Waals surface area contributed by atoms with Crippen molar-refractivity contribution >= 4 is 33.2 Å². The fourth-order valence-electron chi connectivity index (χ4n) is 3.46. The van der Waals surface area contributed by atoms with E-state index < -0.39 is 11.8 Å². The number of carbonyl (C=O) groups excluding carboxylic acids is 2. The van der Waals surface area contributed by atoms with Gasteiger partial charge in [-0.1, -0.05) is 36.9 Å². The zero-order valence-corrected chi connectivity index (χ0v) is 18.3. The van der Waals surface area contributed by atoms with E-state index in [1.54, 1.807) is 30.3 Å². The van der Waals surface area contributed by atoms with Crippen LogP contribution >= 0.6 is 11.3 Å². The number of benzene rings is 3. The number of para-hydroxylation sites is 2. The van der Waals surface area contributed by atoms with E-state index >= 15 is 0 Å². The SMILES string of the molecule is C=CC(=O)Oc1ccccc1Oc1c(C(=O)c2c(C)cccc2C)sc2cc(F)ccc12. The second-order valence-corrected chi connectivity index (χ2v) is 8.22. The quantitative estimate of drug-likeness (QED) is 0.142. The van der Waals surface area contributed by atoms with Crippen molar-refractivity contribution < 1.29 is 23.5 Å². The third-order valence-corrected chi connectivity index (χ3v) is 6.09. The zero-order chi connectivity index (χ0) is 22.8. The van der Waals surface area contributed by atoms with E-state index in [-0.39, 0.29) is 17.3 Å². The Labute approximate surface area is 188 Å². The van der Waals surface area contributed by atoms with Crippen LogP contribution in [-0.4, -0.2) is 11.8 Å². The molecule has 0 atom stereocenters. The molecule has 4 nitrogen and oxygen atoms in total. The van der Waals surface area contributed by atoms with Crippen molar-refractivity contribution in [2.75, 3.05) is 0 Å².